The Bertz CT molecular complexity index is 251. The van der Waals surface area contributed by atoms with Gasteiger partial charge in [0.05, 0.1) is 12.3 Å². The number of hydrogen-bond acceptors (Lipinski definition) is 4. The van der Waals surface area contributed by atoms with Crippen molar-refractivity contribution in [3.63, 3.8) is 0 Å². The summed E-state index contributed by atoms with van der Waals surface area (Å²) in [6.07, 6.45) is 5.04. The number of nitrogens with one attached hydrogen (secondary N) is 1. The lowest BCUT2D eigenvalue weighted by molar-refractivity contribution is 0.209. The van der Waals surface area contributed by atoms with Gasteiger partial charge in [0.2, 0.25) is 0 Å². The Hall–Kier alpha value is -1.00. The van der Waals surface area contributed by atoms with E-state index in [2.05, 4.69) is 29.1 Å². The molecule has 0 saturated carbocycles. The molecule has 14 heavy (non-hydrogen) atoms. The molecule has 1 heterocycles. The highest BCUT2D eigenvalue weighted by Gasteiger charge is 2.10. The average molecular weight is 195 g/mol. The van der Waals surface area contributed by atoms with Gasteiger partial charge in [0.25, 0.3) is 0 Å². The van der Waals surface area contributed by atoms with E-state index in [0.29, 0.717) is 12.5 Å². The SMILES string of the molecule is CC(C)[C@@H](CO)NCc1cnccn1. The first-order valence-electron chi connectivity index (χ1n) is 4.83. The van der Waals surface area contributed by atoms with Gasteiger partial charge >= 0.3 is 0 Å². The van der Waals surface area contributed by atoms with Gasteiger partial charge in [0.1, 0.15) is 0 Å². The molecule has 0 bridgehead atoms. The molecule has 0 saturated heterocycles. The van der Waals surface area contributed by atoms with E-state index in [1.807, 2.05) is 0 Å². The van der Waals surface area contributed by atoms with E-state index in [4.69, 9.17) is 5.11 Å². The highest BCUT2D eigenvalue weighted by molar-refractivity contribution is 4.94. The van der Waals surface area contributed by atoms with Crippen LogP contribution in [-0.2, 0) is 6.54 Å². The summed E-state index contributed by atoms with van der Waals surface area (Å²) in [5.41, 5.74) is 0.895. The normalized spacial score (nSPS) is 13.1. The largest absolute Gasteiger partial charge is 0.395 e. The maximum absolute atomic E-state index is 9.08. The van der Waals surface area contributed by atoms with Crippen LogP contribution in [0.1, 0.15) is 19.5 Å². The highest BCUT2D eigenvalue weighted by Crippen LogP contribution is 2.01. The van der Waals surface area contributed by atoms with Gasteiger partial charge < -0.3 is 10.4 Å². The fourth-order valence-electron chi connectivity index (χ4n) is 1.17. The summed E-state index contributed by atoms with van der Waals surface area (Å²) in [4.78, 5) is 8.11. The molecular weight excluding hydrogens is 178 g/mol. The minimum absolute atomic E-state index is 0.122. The van der Waals surface area contributed by atoms with E-state index >= 15 is 0 Å². The smallest absolute Gasteiger partial charge is 0.0724 e. The first-order chi connectivity index (χ1) is 6.74. The van der Waals surface area contributed by atoms with Crippen molar-refractivity contribution in [1.29, 1.82) is 0 Å². The fraction of sp³-hybridized carbons (Fsp3) is 0.600. The van der Waals surface area contributed by atoms with Crippen molar-refractivity contribution in [1.82, 2.24) is 15.3 Å². The molecule has 0 radical (unpaired) electrons. The Labute approximate surface area is 84.4 Å². The van der Waals surface area contributed by atoms with Gasteiger partial charge in [0, 0.05) is 31.2 Å². The summed E-state index contributed by atoms with van der Waals surface area (Å²) in [7, 11) is 0. The molecule has 0 aliphatic carbocycles. The molecule has 0 spiro atoms. The molecule has 1 aromatic heterocycles. The molecule has 1 rings (SSSR count). The number of aliphatic hydroxyl groups excluding tert-OH is 1. The van der Waals surface area contributed by atoms with Gasteiger partial charge in [-0.1, -0.05) is 13.8 Å². The minimum atomic E-state index is 0.122. The molecule has 0 fully saturated rings. The lowest BCUT2D eigenvalue weighted by Crippen LogP contribution is -2.36. The molecule has 1 aromatic rings. The van der Waals surface area contributed by atoms with Gasteiger partial charge in [-0.2, -0.15) is 0 Å². The number of rotatable bonds is 5. The van der Waals surface area contributed by atoms with Crippen LogP contribution in [0.25, 0.3) is 0 Å². The third kappa shape index (κ3) is 3.40. The predicted molar refractivity (Wildman–Crippen MR) is 54.6 cm³/mol. The molecule has 4 heteroatoms. The number of hydrogen-bond donors (Lipinski definition) is 2. The second-order valence-corrected chi connectivity index (χ2v) is 3.61. The third-order valence-corrected chi connectivity index (χ3v) is 2.16. The van der Waals surface area contributed by atoms with Gasteiger partial charge in [-0.15, -0.1) is 0 Å². The summed E-state index contributed by atoms with van der Waals surface area (Å²) in [6.45, 7) is 4.95. The molecular formula is C10H17N3O. The van der Waals surface area contributed by atoms with Crippen molar-refractivity contribution in [3.8, 4) is 0 Å². The molecule has 2 N–H and O–H groups in total. The van der Waals surface area contributed by atoms with E-state index in [-0.39, 0.29) is 12.6 Å². The highest BCUT2D eigenvalue weighted by atomic mass is 16.3. The number of nitrogens with zero attached hydrogens (tertiary/aromatic N) is 2. The molecule has 0 aliphatic heterocycles. The monoisotopic (exact) mass is 195 g/mol. The fourth-order valence-corrected chi connectivity index (χ4v) is 1.17. The van der Waals surface area contributed by atoms with E-state index in [1.165, 1.54) is 0 Å². The van der Waals surface area contributed by atoms with Gasteiger partial charge in [0.15, 0.2) is 0 Å². The van der Waals surface area contributed by atoms with Crippen LogP contribution in [0.3, 0.4) is 0 Å². The predicted octanol–water partition coefficient (Wildman–Crippen LogP) is 0.583. The summed E-state index contributed by atoms with van der Waals surface area (Å²) < 4.78 is 0. The summed E-state index contributed by atoms with van der Waals surface area (Å²) in [5, 5.41) is 12.3. The van der Waals surface area contributed by atoms with Crippen LogP contribution in [0.4, 0.5) is 0 Å². The first kappa shape index (κ1) is 11.1. The van der Waals surface area contributed by atoms with Crippen molar-refractivity contribution in [2.24, 2.45) is 5.92 Å². The Kier molecular flexibility index (Phi) is 4.49. The topological polar surface area (TPSA) is 58.0 Å². The molecule has 0 unspecified atom stereocenters. The van der Waals surface area contributed by atoms with Crippen LogP contribution in [0.15, 0.2) is 18.6 Å². The van der Waals surface area contributed by atoms with Gasteiger partial charge in [-0.3, -0.25) is 9.97 Å². The molecule has 78 valence electrons. The maximum Gasteiger partial charge on any atom is 0.0724 e. The second-order valence-electron chi connectivity index (χ2n) is 3.61. The summed E-state index contributed by atoms with van der Waals surface area (Å²) in [6, 6.07) is 0.122. The van der Waals surface area contributed by atoms with Crippen LogP contribution in [0.2, 0.25) is 0 Å². The van der Waals surface area contributed by atoms with Crippen LogP contribution < -0.4 is 5.32 Å². The average Bonchev–Trinajstić information content (AvgIpc) is 2.20. The Morgan fingerprint density at radius 1 is 1.43 bits per heavy atom. The van der Waals surface area contributed by atoms with E-state index in [9.17, 15) is 0 Å². The van der Waals surface area contributed by atoms with Crippen LogP contribution >= 0.6 is 0 Å². The molecule has 4 nitrogen and oxygen atoms in total. The molecule has 0 aliphatic rings. The summed E-state index contributed by atoms with van der Waals surface area (Å²) in [5.74, 6) is 0.414. The van der Waals surface area contributed by atoms with Gasteiger partial charge in [-0.05, 0) is 5.92 Å². The van der Waals surface area contributed by atoms with Crippen LogP contribution in [-0.4, -0.2) is 27.7 Å². The number of aromatic nitrogens is 2. The zero-order valence-electron chi connectivity index (χ0n) is 8.64. The maximum atomic E-state index is 9.08. The van der Waals surface area contributed by atoms with E-state index < -0.39 is 0 Å². The number of aliphatic hydroxyl groups is 1. The minimum Gasteiger partial charge on any atom is -0.395 e. The third-order valence-electron chi connectivity index (χ3n) is 2.16. The van der Waals surface area contributed by atoms with Crippen molar-refractivity contribution >= 4 is 0 Å². The van der Waals surface area contributed by atoms with Crippen molar-refractivity contribution < 1.29 is 5.11 Å². The summed E-state index contributed by atoms with van der Waals surface area (Å²) >= 11 is 0. The van der Waals surface area contributed by atoms with Crippen LogP contribution in [0.5, 0.6) is 0 Å². The molecule has 1 atom stereocenters. The first-order valence-corrected chi connectivity index (χ1v) is 4.83. The lowest BCUT2D eigenvalue weighted by Gasteiger charge is -2.19. The van der Waals surface area contributed by atoms with E-state index in [1.54, 1.807) is 18.6 Å². The van der Waals surface area contributed by atoms with Crippen molar-refractivity contribution in [2.45, 2.75) is 26.4 Å². The second kappa shape index (κ2) is 5.67. The van der Waals surface area contributed by atoms with Crippen LogP contribution in [0, 0.1) is 5.92 Å². The standard InChI is InChI=1S/C10H17N3O/c1-8(2)10(7-14)13-6-9-5-11-3-4-12-9/h3-5,8,10,13-14H,6-7H2,1-2H3/t10-/m1/s1. The zero-order valence-corrected chi connectivity index (χ0v) is 8.64. The Balaban J connectivity index is 2.40. The quantitative estimate of drug-likeness (QED) is 0.721. The van der Waals surface area contributed by atoms with Crippen molar-refractivity contribution in [2.75, 3.05) is 6.61 Å². The molecule has 0 aromatic carbocycles. The Morgan fingerprint density at radius 2 is 2.21 bits per heavy atom. The van der Waals surface area contributed by atoms with E-state index in [0.717, 1.165) is 5.69 Å². The lowest BCUT2D eigenvalue weighted by atomic mass is 10.1. The van der Waals surface area contributed by atoms with Crippen molar-refractivity contribution in [3.05, 3.63) is 24.3 Å². The molecule has 0 amide bonds. The zero-order chi connectivity index (χ0) is 10.4. The van der Waals surface area contributed by atoms with Gasteiger partial charge in [-0.25, -0.2) is 0 Å². The Morgan fingerprint density at radius 3 is 2.71 bits per heavy atom.